The lowest BCUT2D eigenvalue weighted by Crippen LogP contribution is -2.51. The van der Waals surface area contributed by atoms with Gasteiger partial charge in [-0.25, -0.2) is 22.3 Å². The number of nitrogens with one attached hydrogen (secondary N) is 1. The Morgan fingerprint density at radius 1 is 1.38 bits per heavy atom. The lowest BCUT2D eigenvalue weighted by molar-refractivity contribution is -0.165. The topological polar surface area (TPSA) is 109 Å². The minimum atomic E-state index is -3.34. The molecule has 2 aromatic rings. The lowest BCUT2D eigenvalue weighted by Gasteiger charge is -2.53. The van der Waals surface area contributed by atoms with Crippen molar-refractivity contribution in [3.63, 3.8) is 0 Å². The highest BCUT2D eigenvalue weighted by atomic mass is 32.2. The van der Waals surface area contributed by atoms with Crippen molar-refractivity contribution in [2.45, 2.75) is 37.3 Å². The number of rotatable bonds is 4. The molecule has 0 amide bonds. The zero-order chi connectivity index (χ0) is 20.4. The molecule has 9 nitrogen and oxygen atoms in total. The van der Waals surface area contributed by atoms with Crippen molar-refractivity contribution >= 4 is 21.5 Å². The fraction of sp³-hybridized carbons (Fsp3) is 0.667. The molecular weight excluding hydrogens is 401 g/mol. The van der Waals surface area contributed by atoms with E-state index in [-0.39, 0.29) is 35.7 Å². The van der Waals surface area contributed by atoms with Crippen LogP contribution in [-0.4, -0.2) is 77.1 Å². The Labute approximate surface area is 167 Å². The first kappa shape index (κ1) is 19.2. The van der Waals surface area contributed by atoms with Crippen LogP contribution in [0.3, 0.4) is 0 Å². The van der Waals surface area contributed by atoms with Crippen molar-refractivity contribution in [3.05, 3.63) is 23.8 Å². The van der Waals surface area contributed by atoms with E-state index >= 15 is 0 Å². The maximum Gasteiger partial charge on any atom is 0.241 e. The second kappa shape index (κ2) is 6.59. The van der Waals surface area contributed by atoms with Crippen LogP contribution < -0.4 is 5.32 Å². The molecule has 2 saturated heterocycles. The standard InChI is InChI=1S/C18H24FN5O4S/c1-29(26,27)23-3-2-13(16(25)8-23)21-17-20-7-15-12(19)4-14(24(15)22-17)11-5-18(6-11)9-28-10-18/h4,7,11,13,16,25H,2-3,5-6,8-10H2,1H3,(H,21,22)/t13-,16-/m1/s1. The van der Waals surface area contributed by atoms with Gasteiger partial charge >= 0.3 is 0 Å². The van der Waals surface area contributed by atoms with Crippen molar-refractivity contribution in [1.82, 2.24) is 18.9 Å². The number of aliphatic hydroxyl groups is 1. The molecule has 5 rings (SSSR count). The maximum absolute atomic E-state index is 14.4. The average molecular weight is 425 g/mol. The van der Waals surface area contributed by atoms with Crippen LogP contribution in [-0.2, 0) is 14.8 Å². The van der Waals surface area contributed by atoms with Crippen LogP contribution in [0, 0.1) is 11.2 Å². The van der Waals surface area contributed by atoms with E-state index < -0.39 is 16.1 Å². The number of anilines is 1. The predicted octanol–water partition coefficient (Wildman–Crippen LogP) is 0.569. The molecule has 11 heteroatoms. The zero-order valence-electron chi connectivity index (χ0n) is 16.1. The number of hydrogen-bond acceptors (Lipinski definition) is 7. The van der Waals surface area contributed by atoms with Crippen LogP contribution >= 0.6 is 0 Å². The number of nitrogens with zero attached hydrogens (tertiary/aromatic N) is 4. The van der Waals surface area contributed by atoms with E-state index in [0.717, 1.165) is 38.0 Å². The number of halogens is 1. The molecule has 0 aromatic carbocycles. The molecule has 3 aliphatic rings. The highest BCUT2D eigenvalue weighted by Gasteiger charge is 2.51. The van der Waals surface area contributed by atoms with Gasteiger partial charge in [-0.05, 0) is 25.3 Å². The molecule has 0 unspecified atom stereocenters. The molecule has 0 bridgehead atoms. The largest absolute Gasteiger partial charge is 0.390 e. The Kier molecular flexibility index (Phi) is 4.36. The zero-order valence-corrected chi connectivity index (χ0v) is 16.9. The number of ether oxygens (including phenoxy) is 1. The monoisotopic (exact) mass is 425 g/mol. The van der Waals surface area contributed by atoms with Gasteiger partial charge in [-0.2, -0.15) is 4.31 Å². The summed E-state index contributed by atoms with van der Waals surface area (Å²) in [6, 6.07) is 1.15. The number of piperidine rings is 1. The third kappa shape index (κ3) is 3.29. The summed E-state index contributed by atoms with van der Waals surface area (Å²) in [6.07, 6.45) is 4.04. The van der Waals surface area contributed by atoms with Crippen molar-refractivity contribution < 1.29 is 22.7 Å². The van der Waals surface area contributed by atoms with E-state index in [4.69, 9.17) is 4.74 Å². The molecule has 2 N–H and O–H groups in total. The van der Waals surface area contributed by atoms with Crippen molar-refractivity contribution in [3.8, 4) is 0 Å². The molecule has 3 fully saturated rings. The Morgan fingerprint density at radius 2 is 2.14 bits per heavy atom. The summed E-state index contributed by atoms with van der Waals surface area (Å²) < 4.78 is 45.9. The number of fused-ring (bicyclic) bond motifs is 1. The molecule has 1 saturated carbocycles. The Morgan fingerprint density at radius 3 is 2.76 bits per heavy atom. The Hall–Kier alpha value is -1.82. The van der Waals surface area contributed by atoms with Gasteiger partial charge < -0.3 is 15.2 Å². The van der Waals surface area contributed by atoms with Gasteiger partial charge in [0, 0.05) is 30.1 Å². The third-order valence-electron chi connectivity index (χ3n) is 6.42. The highest BCUT2D eigenvalue weighted by Crippen LogP contribution is 2.55. The number of aliphatic hydroxyl groups excluding tert-OH is 1. The molecular formula is C18H24FN5O4S. The number of aromatic nitrogens is 3. The molecule has 1 spiro atoms. The second-order valence-electron chi connectivity index (χ2n) is 8.62. The van der Waals surface area contributed by atoms with Crippen LogP contribution in [0.4, 0.5) is 10.3 Å². The summed E-state index contributed by atoms with van der Waals surface area (Å²) in [5.41, 5.74) is 1.41. The number of sulfonamides is 1. The fourth-order valence-corrected chi connectivity index (χ4v) is 5.55. The van der Waals surface area contributed by atoms with Crippen molar-refractivity contribution in [2.75, 3.05) is 37.9 Å². The Bertz CT molecular complexity index is 1050. The molecule has 158 valence electrons. The minimum absolute atomic E-state index is 0.0222. The summed E-state index contributed by atoms with van der Waals surface area (Å²) in [4.78, 5) is 4.19. The fourth-order valence-electron chi connectivity index (χ4n) is 4.69. The van der Waals surface area contributed by atoms with Crippen molar-refractivity contribution in [2.24, 2.45) is 5.41 Å². The van der Waals surface area contributed by atoms with Gasteiger partial charge in [0.2, 0.25) is 16.0 Å². The molecule has 2 atom stereocenters. The predicted molar refractivity (Wildman–Crippen MR) is 103 cm³/mol. The van der Waals surface area contributed by atoms with Crippen LogP contribution in [0.2, 0.25) is 0 Å². The SMILES string of the molecule is CS(=O)(=O)N1CC[C@@H](Nc2ncc3c(F)cc(C4CC5(COC5)C4)n3n2)[C@H](O)C1. The molecule has 0 radical (unpaired) electrons. The van der Waals surface area contributed by atoms with E-state index in [1.807, 2.05) is 0 Å². The van der Waals surface area contributed by atoms with Gasteiger partial charge in [-0.3, -0.25) is 0 Å². The van der Waals surface area contributed by atoms with Gasteiger partial charge in [0.15, 0.2) is 5.82 Å². The summed E-state index contributed by atoms with van der Waals surface area (Å²) in [6.45, 7) is 1.89. The van der Waals surface area contributed by atoms with Crippen LogP contribution in [0.25, 0.3) is 5.52 Å². The first-order chi connectivity index (χ1) is 13.7. The Balaban J connectivity index is 1.34. The summed E-state index contributed by atoms with van der Waals surface area (Å²) in [7, 11) is -3.34. The lowest BCUT2D eigenvalue weighted by atomic mass is 9.60. The third-order valence-corrected chi connectivity index (χ3v) is 7.69. The number of β-amino-alcohol motifs (C(OH)–C–C–N with tert-alkyl or cyclic N) is 1. The first-order valence-electron chi connectivity index (χ1n) is 9.76. The summed E-state index contributed by atoms with van der Waals surface area (Å²) in [5.74, 6) is 0.174. The van der Waals surface area contributed by atoms with Gasteiger partial charge in [-0.1, -0.05) is 0 Å². The minimum Gasteiger partial charge on any atom is -0.390 e. The van der Waals surface area contributed by atoms with Crippen LogP contribution in [0.1, 0.15) is 30.9 Å². The quantitative estimate of drug-likeness (QED) is 0.737. The van der Waals surface area contributed by atoms with Gasteiger partial charge in [0.1, 0.15) is 5.52 Å². The summed E-state index contributed by atoms with van der Waals surface area (Å²) >= 11 is 0. The number of hydrogen-bond donors (Lipinski definition) is 2. The molecule has 1 aliphatic carbocycles. The first-order valence-corrected chi connectivity index (χ1v) is 11.6. The van der Waals surface area contributed by atoms with Gasteiger partial charge in [0.05, 0.1) is 37.8 Å². The average Bonchev–Trinajstić information content (AvgIpc) is 2.90. The van der Waals surface area contributed by atoms with E-state index in [1.54, 1.807) is 4.52 Å². The molecule has 4 heterocycles. The molecule has 2 aromatic heterocycles. The van der Waals surface area contributed by atoms with Gasteiger partial charge in [0.25, 0.3) is 0 Å². The molecule has 2 aliphatic heterocycles. The van der Waals surface area contributed by atoms with E-state index in [0.29, 0.717) is 18.5 Å². The second-order valence-corrected chi connectivity index (χ2v) is 10.6. The van der Waals surface area contributed by atoms with Crippen molar-refractivity contribution in [1.29, 1.82) is 0 Å². The van der Waals surface area contributed by atoms with E-state index in [1.165, 1.54) is 16.6 Å². The van der Waals surface area contributed by atoms with E-state index in [2.05, 4.69) is 15.4 Å². The van der Waals surface area contributed by atoms with Crippen LogP contribution in [0.15, 0.2) is 12.3 Å². The smallest absolute Gasteiger partial charge is 0.241 e. The normalized spacial score (nSPS) is 27.7. The highest BCUT2D eigenvalue weighted by molar-refractivity contribution is 7.88. The van der Waals surface area contributed by atoms with E-state index in [9.17, 15) is 17.9 Å². The van der Waals surface area contributed by atoms with Gasteiger partial charge in [-0.15, -0.1) is 5.10 Å². The molecule has 29 heavy (non-hydrogen) atoms. The maximum atomic E-state index is 14.4. The summed E-state index contributed by atoms with van der Waals surface area (Å²) in [5, 5.41) is 17.9. The van der Waals surface area contributed by atoms with Crippen LogP contribution in [0.5, 0.6) is 0 Å².